The normalized spacial score (nSPS) is 10.1. The minimum atomic E-state index is -0.529. The third-order valence-electron chi connectivity index (χ3n) is 2.57. The standard InChI is InChI=1S/C14H12ClNO3/c1-18-13-6-4-3-5-10(13)11-7-9(15)8-12(16-11)14(17)19-2/h3-8H,1-2H3. The monoisotopic (exact) mass is 277 g/mol. The number of para-hydroxylation sites is 1. The van der Waals surface area contributed by atoms with Crippen LogP contribution in [0, 0.1) is 0 Å². The van der Waals surface area contributed by atoms with Gasteiger partial charge in [-0.1, -0.05) is 23.7 Å². The topological polar surface area (TPSA) is 48.4 Å². The molecule has 0 saturated heterocycles. The highest BCUT2D eigenvalue weighted by Gasteiger charge is 2.13. The van der Waals surface area contributed by atoms with Crippen LogP contribution in [-0.4, -0.2) is 25.2 Å². The molecule has 0 radical (unpaired) electrons. The molecule has 5 heteroatoms. The zero-order valence-electron chi connectivity index (χ0n) is 10.5. The average molecular weight is 278 g/mol. The molecule has 0 aliphatic heterocycles. The van der Waals surface area contributed by atoms with E-state index in [1.165, 1.54) is 13.2 Å². The van der Waals surface area contributed by atoms with Crippen molar-refractivity contribution in [3.05, 3.63) is 47.1 Å². The van der Waals surface area contributed by atoms with Gasteiger partial charge in [0.05, 0.1) is 19.9 Å². The van der Waals surface area contributed by atoms with Gasteiger partial charge in [0, 0.05) is 10.6 Å². The first kappa shape index (κ1) is 13.4. The second kappa shape index (κ2) is 5.71. The number of pyridine rings is 1. The van der Waals surface area contributed by atoms with Gasteiger partial charge in [-0.15, -0.1) is 0 Å². The predicted molar refractivity (Wildman–Crippen MR) is 72.6 cm³/mol. The van der Waals surface area contributed by atoms with Crippen molar-refractivity contribution >= 4 is 17.6 Å². The molecule has 0 amide bonds. The summed E-state index contributed by atoms with van der Waals surface area (Å²) in [4.78, 5) is 15.8. The minimum absolute atomic E-state index is 0.163. The Hall–Kier alpha value is -2.07. The van der Waals surface area contributed by atoms with Gasteiger partial charge in [0.2, 0.25) is 0 Å². The highest BCUT2D eigenvalue weighted by molar-refractivity contribution is 6.31. The Morgan fingerprint density at radius 1 is 1.21 bits per heavy atom. The lowest BCUT2D eigenvalue weighted by Gasteiger charge is -2.09. The fourth-order valence-corrected chi connectivity index (χ4v) is 1.91. The summed E-state index contributed by atoms with van der Waals surface area (Å²) in [6.07, 6.45) is 0. The zero-order valence-corrected chi connectivity index (χ0v) is 11.3. The SMILES string of the molecule is COC(=O)c1cc(Cl)cc(-c2ccccc2OC)n1. The Labute approximate surface area is 115 Å². The molecule has 0 aliphatic carbocycles. The van der Waals surface area contributed by atoms with E-state index >= 15 is 0 Å². The number of rotatable bonds is 3. The fourth-order valence-electron chi connectivity index (χ4n) is 1.70. The average Bonchev–Trinajstić information content (AvgIpc) is 2.45. The van der Waals surface area contributed by atoms with Crippen LogP contribution in [0.2, 0.25) is 5.02 Å². The molecule has 0 N–H and O–H groups in total. The first-order valence-corrected chi connectivity index (χ1v) is 5.93. The summed E-state index contributed by atoms with van der Waals surface area (Å²) in [5.74, 6) is 0.131. The van der Waals surface area contributed by atoms with E-state index < -0.39 is 5.97 Å². The van der Waals surface area contributed by atoms with Crippen molar-refractivity contribution in [1.29, 1.82) is 0 Å². The van der Waals surface area contributed by atoms with Crippen molar-refractivity contribution in [3.63, 3.8) is 0 Å². The molecule has 0 unspecified atom stereocenters. The summed E-state index contributed by atoms with van der Waals surface area (Å²) in [7, 11) is 2.87. The number of aromatic nitrogens is 1. The Kier molecular flexibility index (Phi) is 4.02. The van der Waals surface area contributed by atoms with Crippen LogP contribution in [0.25, 0.3) is 11.3 Å². The van der Waals surface area contributed by atoms with Gasteiger partial charge in [-0.3, -0.25) is 0 Å². The first-order valence-electron chi connectivity index (χ1n) is 5.55. The molecule has 2 rings (SSSR count). The maximum Gasteiger partial charge on any atom is 0.356 e. The van der Waals surface area contributed by atoms with Crippen LogP contribution < -0.4 is 4.74 Å². The van der Waals surface area contributed by atoms with E-state index in [0.717, 1.165) is 5.56 Å². The Morgan fingerprint density at radius 2 is 1.95 bits per heavy atom. The van der Waals surface area contributed by atoms with E-state index in [-0.39, 0.29) is 5.69 Å². The maximum absolute atomic E-state index is 11.5. The lowest BCUT2D eigenvalue weighted by molar-refractivity contribution is 0.0594. The minimum Gasteiger partial charge on any atom is -0.496 e. The van der Waals surface area contributed by atoms with Crippen molar-refractivity contribution in [2.45, 2.75) is 0 Å². The van der Waals surface area contributed by atoms with Gasteiger partial charge < -0.3 is 9.47 Å². The third kappa shape index (κ3) is 2.85. The number of halogens is 1. The number of carbonyl (C=O) groups excluding carboxylic acids is 1. The molecule has 98 valence electrons. The molecule has 0 bridgehead atoms. The highest BCUT2D eigenvalue weighted by atomic mass is 35.5. The lowest BCUT2D eigenvalue weighted by atomic mass is 10.1. The van der Waals surface area contributed by atoms with Gasteiger partial charge >= 0.3 is 5.97 Å². The number of esters is 1. The molecule has 19 heavy (non-hydrogen) atoms. The number of nitrogens with zero attached hydrogens (tertiary/aromatic N) is 1. The predicted octanol–water partition coefficient (Wildman–Crippen LogP) is 3.20. The largest absolute Gasteiger partial charge is 0.496 e. The molecular weight excluding hydrogens is 266 g/mol. The number of benzene rings is 1. The molecule has 0 saturated carbocycles. The van der Waals surface area contributed by atoms with Gasteiger partial charge in [-0.25, -0.2) is 9.78 Å². The zero-order chi connectivity index (χ0) is 13.8. The van der Waals surface area contributed by atoms with Crippen molar-refractivity contribution in [2.75, 3.05) is 14.2 Å². The van der Waals surface area contributed by atoms with Crippen LogP contribution in [-0.2, 0) is 4.74 Å². The second-order valence-corrected chi connectivity index (χ2v) is 4.18. The van der Waals surface area contributed by atoms with E-state index in [2.05, 4.69) is 9.72 Å². The van der Waals surface area contributed by atoms with E-state index in [4.69, 9.17) is 16.3 Å². The Bertz CT molecular complexity index is 613. The number of methoxy groups -OCH3 is 2. The molecule has 1 heterocycles. The Balaban J connectivity index is 2.56. The van der Waals surface area contributed by atoms with Crippen LogP contribution in [0.3, 0.4) is 0 Å². The number of carbonyl (C=O) groups is 1. The molecular formula is C14H12ClNO3. The molecule has 1 aromatic heterocycles. The molecule has 0 atom stereocenters. The number of ether oxygens (including phenoxy) is 2. The lowest BCUT2D eigenvalue weighted by Crippen LogP contribution is -2.05. The summed E-state index contributed by atoms with van der Waals surface area (Å²) in [5.41, 5.74) is 1.49. The van der Waals surface area contributed by atoms with Gasteiger partial charge in [0.15, 0.2) is 5.69 Å². The van der Waals surface area contributed by atoms with E-state index in [1.807, 2.05) is 24.3 Å². The van der Waals surface area contributed by atoms with Crippen LogP contribution in [0.1, 0.15) is 10.5 Å². The summed E-state index contributed by atoms with van der Waals surface area (Å²) in [6, 6.07) is 10.5. The molecule has 0 aliphatic rings. The van der Waals surface area contributed by atoms with E-state index in [1.54, 1.807) is 13.2 Å². The summed E-state index contributed by atoms with van der Waals surface area (Å²) < 4.78 is 9.91. The van der Waals surface area contributed by atoms with Gasteiger partial charge in [0.25, 0.3) is 0 Å². The van der Waals surface area contributed by atoms with Crippen LogP contribution in [0.5, 0.6) is 5.75 Å². The van der Waals surface area contributed by atoms with Crippen LogP contribution in [0.15, 0.2) is 36.4 Å². The third-order valence-corrected chi connectivity index (χ3v) is 2.79. The van der Waals surface area contributed by atoms with Crippen molar-refractivity contribution in [2.24, 2.45) is 0 Å². The molecule has 0 spiro atoms. The van der Waals surface area contributed by atoms with Gasteiger partial charge in [-0.05, 0) is 24.3 Å². The number of hydrogen-bond acceptors (Lipinski definition) is 4. The van der Waals surface area contributed by atoms with Crippen LogP contribution >= 0.6 is 11.6 Å². The summed E-state index contributed by atoms with van der Waals surface area (Å²) in [5, 5.41) is 0.413. The molecule has 4 nitrogen and oxygen atoms in total. The summed E-state index contributed by atoms with van der Waals surface area (Å²) >= 11 is 6.01. The molecule has 1 aromatic carbocycles. The van der Waals surface area contributed by atoms with E-state index in [0.29, 0.717) is 16.5 Å². The summed E-state index contributed by atoms with van der Waals surface area (Å²) in [6.45, 7) is 0. The van der Waals surface area contributed by atoms with Crippen LogP contribution in [0.4, 0.5) is 0 Å². The van der Waals surface area contributed by atoms with Crippen molar-refractivity contribution in [3.8, 4) is 17.0 Å². The highest BCUT2D eigenvalue weighted by Crippen LogP contribution is 2.30. The maximum atomic E-state index is 11.5. The van der Waals surface area contributed by atoms with Gasteiger partial charge in [-0.2, -0.15) is 0 Å². The fraction of sp³-hybridized carbons (Fsp3) is 0.143. The Morgan fingerprint density at radius 3 is 2.63 bits per heavy atom. The number of hydrogen-bond donors (Lipinski definition) is 0. The van der Waals surface area contributed by atoms with Gasteiger partial charge in [0.1, 0.15) is 5.75 Å². The van der Waals surface area contributed by atoms with Crippen molar-refractivity contribution < 1.29 is 14.3 Å². The quantitative estimate of drug-likeness (QED) is 0.809. The van der Waals surface area contributed by atoms with Crippen molar-refractivity contribution in [1.82, 2.24) is 4.98 Å². The molecule has 0 fully saturated rings. The smallest absolute Gasteiger partial charge is 0.356 e. The second-order valence-electron chi connectivity index (χ2n) is 3.75. The van der Waals surface area contributed by atoms with E-state index in [9.17, 15) is 4.79 Å². The first-order chi connectivity index (χ1) is 9.15. The molecule has 2 aromatic rings.